The molecule has 0 bridgehead atoms. The third-order valence-corrected chi connectivity index (χ3v) is 5.08. The third kappa shape index (κ3) is 4.72. The predicted molar refractivity (Wildman–Crippen MR) is 122 cm³/mol. The number of carbonyl (C=O) groups excluding carboxylic acids is 2. The highest BCUT2D eigenvalue weighted by atomic mass is 16.5. The zero-order valence-electron chi connectivity index (χ0n) is 19.1. The minimum absolute atomic E-state index is 0.0516. The van der Waals surface area contributed by atoms with Crippen LogP contribution in [0.3, 0.4) is 0 Å². The van der Waals surface area contributed by atoms with Gasteiger partial charge in [0.05, 0.1) is 6.61 Å². The van der Waals surface area contributed by atoms with Crippen molar-refractivity contribution in [3.05, 3.63) is 53.4 Å². The van der Waals surface area contributed by atoms with Crippen LogP contribution in [-0.2, 0) is 10.2 Å². The van der Waals surface area contributed by atoms with Gasteiger partial charge in [-0.1, -0.05) is 27.4 Å². The molecule has 0 atom stereocenters. The summed E-state index contributed by atoms with van der Waals surface area (Å²) in [7, 11) is 1.53. The summed E-state index contributed by atoms with van der Waals surface area (Å²) in [5.74, 6) is 0.932. The number of nitrogens with one attached hydrogen (secondary N) is 1. The standard InChI is InChI=1S/C23H29N5O4/c1-14-9-19(22(31)24-6)25-28-15(2)27(26-21(14)28)13-20(30)16-10-17(23(3,4)5)12-18(11-16)32-8-7-29/h9-12,29H,2,7-8,13H2,1,3-6H3,(H,24,31). The summed E-state index contributed by atoms with van der Waals surface area (Å²) < 4.78 is 5.58. The van der Waals surface area contributed by atoms with E-state index in [1.54, 1.807) is 12.1 Å². The number of ketones is 1. The molecule has 9 nitrogen and oxygen atoms in total. The lowest BCUT2D eigenvalue weighted by Crippen LogP contribution is -2.35. The number of hydrazone groups is 2. The fraction of sp³-hybridized carbons (Fsp3) is 0.391. The number of aliphatic hydroxyl groups excluding tert-OH is 1. The van der Waals surface area contributed by atoms with Gasteiger partial charge in [-0.05, 0) is 47.8 Å². The highest BCUT2D eigenvalue weighted by molar-refractivity contribution is 6.44. The van der Waals surface area contributed by atoms with Crippen LogP contribution in [0.4, 0.5) is 0 Å². The number of hydrogen-bond donors (Lipinski definition) is 2. The van der Waals surface area contributed by atoms with E-state index in [2.05, 4.69) is 42.9 Å². The normalized spacial score (nSPS) is 15.7. The van der Waals surface area contributed by atoms with Crippen molar-refractivity contribution in [2.75, 3.05) is 26.8 Å². The molecule has 32 heavy (non-hydrogen) atoms. The first-order valence-electron chi connectivity index (χ1n) is 10.3. The number of hydrogen-bond acceptors (Lipinski definition) is 8. The number of ether oxygens (including phenoxy) is 1. The van der Waals surface area contributed by atoms with Crippen LogP contribution in [0.5, 0.6) is 5.75 Å². The SMILES string of the molecule is C=C1N(CC(=O)c2cc(OCCO)cc(C(C)(C)C)c2)N=C2C(C)=CC(C(=O)NC)=NN12. The van der Waals surface area contributed by atoms with Gasteiger partial charge in [0.2, 0.25) is 0 Å². The van der Waals surface area contributed by atoms with Crippen LogP contribution in [0, 0.1) is 0 Å². The number of amides is 1. The molecule has 9 heteroatoms. The van der Waals surface area contributed by atoms with Crippen LogP contribution in [-0.4, -0.2) is 65.2 Å². The fourth-order valence-electron chi connectivity index (χ4n) is 3.24. The van der Waals surface area contributed by atoms with Crippen molar-refractivity contribution in [3.8, 4) is 5.75 Å². The Hall–Kier alpha value is -3.46. The molecule has 2 aliphatic heterocycles. The van der Waals surface area contributed by atoms with Crippen molar-refractivity contribution in [1.29, 1.82) is 0 Å². The zero-order valence-corrected chi connectivity index (χ0v) is 19.1. The van der Waals surface area contributed by atoms with E-state index in [9.17, 15) is 9.59 Å². The van der Waals surface area contributed by atoms with Crippen molar-refractivity contribution >= 4 is 23.2 Å². The topological polar surface area (TPSA) is 107 Å². The zero-order chi connectivity index (χ0) is 23.6. The Balaban J connectivity index is 1.85. The molecule has 0 spiro atoms. The first-order valence-corrected chi connectivity index (χ1v) is 10.3. The van der Waals surface area contributed by atoms with Crippen LogP contribution < -0.4 is 10.1 Å². The summed E-state index contributed by atoms with van der Waals surface area (Å²) in [6.45, 7) is 12.0. The van der Waals surface area contributed by atoms with Crippen molar-refractivity contribution in [1.82, 2.24) is 15.3 Å². The number of rotatable bonds is 7. The summed E-state index contributed by atoms with van der Waals surface area (Å²) in [4.78, 5) is 25.2. The number of nitrogens with zero attached hydrogens (tertiary/aromatic N) is 4. The summed E-state index contributed by atoms with van der Waals surface area (Å²) in [5, 5.41) is 23.4. The van der Waals surface area contributed by atoms with Crippen LogP contribution in [0.15, 0.2) is 52.5 Å². The summed E-state index contributed by atoms with van der Waals surface area (Å²) in [5.41, 5.74) is 2.20. The fourth-order valence-corrected chi connectivity index (χ4v) is 3.24. The average molecular weight is 440 g/mol. The van der Waals surface area contributed by atoms with Gasteiger partial charge >= 0.3 is 0 Å². The van der Waals surface area contributed by atoms with Crippen molar-refractivity contribution in [2.45, 2.75) is 33.1 Å². The minimum Gasteiger partial charge on any atom is -0.491 e. The molecule has 0 unspecified atom stereocenters. The quantitative estimate of drug-likeness (QED) is 0.630. The Bertz CT molecular complexity index is 1050. The van der Waals surface area contributed by atoms with Gasteiger partial charge in [-0.25, -0.2) is 5.01 Å². The second kappa shape index (κ2) is 8.96. The van der Waals surface area contributed by atoms with E-state index in [4.69, 9.17) is 9.84 Å². The molecular weight excluding hydrogens is 410 g/mol. The monoisotopic (exact) mass is 439 g/mol. The van der Waals surface area contributed by atoms with Crippen molar-refractivity contribution in [3.63, 3.8) is 0 Å². The lowest BCUT2D eigenvalue weighted by Gasteiger charge is -2.23. The molecule has 1 amide bonds. The number of amidine groups is 1. The Labute approximate surface area is 187 Å². The maximum atomic E-state index is 13.2. The number of carbonyl (C=O) groups is 2. The first-order chi connectivity index (χ1) is 15.0. The number of benzene rings is 1. The Morgan fingerprint density at radius 2 is 1.94 bits per heavy atom. The van der Waals surface area contributed by atoms with Gasteiger partial charge in [0.15, 0.2) is 11.6 Å². The van der Waals surface area contributed by atoms with Crippen molar-refractivity contribution in [2.24, 2.45) is 10.2 Å². The maximum Gasteiger partial charge on any atom is 0.271 e. The lowest BCUT2D eigenvalue weighted by atomic mass is 9.85. The summed E-state index contributed by atoms with van der Waals surface area (Å²) in [6, 6.07) is 5.39. The Morgan fingerprint density at radius 3 is 2.56 bits per heavy atom. The van der Waals surface area contributed by atoms with E-state index in [1.807, 2.05) is 19.1 Å². The van der Waals surface area contributed by atoms with Gasteiger partial charge in [-0.15, -0.1) is 0 Å². The molecule has 2 aliphatic rings. The van der Waals surface area contributed by atoms with Gasteiger partial charge in [-0.2, -0.15) is 15.2 Å². The second-order valence-corrected chi connectivity index (χ2v) is 8.59. The highest BCUT2D eigenvalue weighted by Gasteiger charge is 2.33. The van der Waals surface area contributed by atoms with Crippen LogP contribution in [0.25, 0.3) is 0 Å². The summed E-state index contributed by atoms with van der Waals surface area (Å²) >= 11 is 0. The van der Waals surface area contributed by atoms with Gasteiger partial charge in [0, 0.05) is 12.6 Å². The minimum atomic E-state index is -0.319. The molecule has 0 aromatic heterocycles. The number of fused-ring (bicyclic) bond motifs is 1. The van der Waals surface area contributed by atoms with Crippen LogP contribution in [0.2, 0.25) is 0 Å². The van der Waals surface area contributed by atoms with Crippen LogP contribution >= 0.6 is 0 Å². The molecule has 0 aliphatic carbocycles. The van der Waals surface area contributed by atoms with E-state index in [-0.39, 0.29) is 42.6 Å². The third-order valence-electron chi connectivity index (χ3n) is 5.08. The van der Waals surface area contributed by atoms with Crippen LogP contribution in [0.1, 0.15) is 43.6 Å². The van der Waals surface area contributed by atoms with Crippen molar-refractivity contribution < 1.29 is 19.4 Å². The molecule has 170 valence electrons. The molecule has 0 saturated carbocycles. The average Bonchev–Trinajstić information content (AvgIpc) is 3.06. The molecule has 1 aromatic carbocycles. The highest BCUT2D eigenvalue weighted by Crippen LogP contribution is 2.30. The molecule has 2 heterocycles. The second-order valence-electron chi connectivity index (χ2n) is 8.59. The largest absolute Gasteiger partial charge is 0.491 e. The van der Waals surface area contributed by atoms with E-state index >= 15 is 0 Å². The van der Waals surface area contributed by atoms with E-state index in [0.717, 1.165) is 11.1 Å². The predicted octanol–water partition coefficient (Wildman–Crippen LogP) is 2.00. The molecule has 0 fully saturated rings. The maximum absolute atomic E-state index is 13.2. The number of Topliss-reactive ketones (excluding diaryl/α,β-unsaturated/α-hetero) is 1. The molecule has 0 radical (unpaired) electrons. The molecular formula is C23H29N5O4. The molecule has 3 rings (SSSR count). The molecule has 1 aromatic rings. The first kappa shape index (κ1) is 23.2. The number of aliphatic hydroxyl groups is 1. The van der Waals surface area contributed by atoms with E-state index in [1.165, 1.54) is 17.1 Å². The van der Waals surface area contributed by atoms with Gasteiger partial charge in [0.25, 0.3) is 5.91 Å². The lowest BCUT2D eigenvalue weighted by molar-refractivity contribution is -0.114. The Kier molecular flexibility index (Phi) is 6.50. The van der Waals surface area contributed by atoms with Gasteiger partial charge < -0.3 is 15.2 Å². The van der Waals surface area contributed by atoms with Gasteiger partial charge in [-0.3, -0.25) is 9.59 Å². The smallest absolute Gasteiger partial charge is 0.271 e. The molecule has 2 N–H and O–H groups in total. The summed E-state index contributed by atoms with van der Waals surface area (Å²) in [6.07, 6.45) is 1.64. The Morgan fingerprint density at radius 1 is 1.22 bits per heavy atom. The van der Waals surface area contributed by atoms with E-state index in [0.29, 0.717) is 23.0 Å². The van der Waals surface area contributed by atoms with Gasteiger partial charge in [0.1, 0.15) is 30.4 Å². The van der Waals surface area contributed by atoms with E-state index < -0.39 is 0 Å². The molecule has 0 saturated heterocycles.